The number of methoxy groups -OCH3 is 2. The molecule has 0 aliphatic carbocycles. The van der Waals surface area contributed by atoms with Crippen molar-refractivity contribution in [1.82, 2.24) is 0 Å². The van der Waals surface area contributed by atoms with Crippen LogP contribution < -0.4 is 15.2 Å². The Hall–Kier alpha value is -1.91. The lowest BCUT2D eigenvalue weighted by molar-refractivity contribution is 0.220. The zero-order valence-electron chi connectivity index (χ0n) is 11.3. The van der Waals surface area contributed by atoms with Gasteiger partial charge in [-0.25, -0.2) is 0 Å². The smallest absolute Gasteiger partial charge is 0.122 e. The van der Waals surface area contributed by atoms with Gasteiger partial charge in [-0.15, -0.1) is 0 Å². The highest BCUT2D eigenvalue weighted by molar-refractivity contribution is 6.30. The fraction of sp³-hybridized carbons (Fsp3) is 0.200. The van der Waals surface area contributed by atoms with E-state index < -0.39 is 6.10 Å². The minimum Gasteiger partial charge on any atom is -0.497 e. The van der Waals surface area contributed by atoms with Crippen molar-refractivity contribution in [2.75, 3.05) is 20.0 Å². The summed E-state index contributed by atoms with van der Waals surface area (Å²) in [5.74, 6) is 1.21. The number of benzene rings is 2. The van der Waals surface area contributed by atoms with Crippen LogP contribution in [-0.2, 0) is 0 Å². The number of aliphatic hydroxyl groups excluding tert-OH is 1. The van der Waals surface area contributed by atoms with Crippen LogP contribution in [0.3, 0.4) is 0 Å². The highest BCUT2D eigenvalue weighted by atomic mass is 35.5. The molecule has 0 saturated carbocycles. The molecule has 2 aromatic rings. The maximum atomic E-state index is 10.5. The van der Waals surface area contributed by atoms with E-state index in [1.54, 1.807) is 50.6 Å². The number of halogens is 1. The summed E-state index contributed by atoms with van der Waals surface area (Å²) in [5.41, 5.74) is 7.55. The standard InChI is InChI=1S/C15H16ClNO3/c1-19-11-5-9(6-12(8-11)20-2)15(18)13-4-3-10(16)7-14(13)17/h3-8,15,18H,17H2,1-2H3. The second kappa shape index (κ2) is 6.03. The fourth-order valence-electron chi connectivity index (χ4n) is 1.96. The molecule has 0 bridgehead atoms. The first-order valence-corrected chi connectivity index (χ1v) is 6.39. The average molecular weight is 294 g/mol. The summed E-state index contributed by atoms with van der Waals surface area (Å²) < 4.78 is 10.4. The van der Waals surface area contributed by atoms with Crippen molar-refractivity contribution < 1.29 is 14.6 Å². The third-order valence-corrected chi connectivity index (χ3v) is 3.27. The maximum absolute atomic E-state index is 10.5. The predicted octanol–water partition coefficient (Wildman–Crippen LogP) is 3.02. The van der Waals surface area contributed by atoms with Crippen LogP contribution >= 0.6 is 11.6 Å². The molecule has 2 aromatic carbocycles. The van der Waals surface area contributed by atoms with Gasteiger partial charge in [0.1, 0.15) is 17.6 Å². The Balaban J connectivity index is 2.44. The van der Waals surface area contributed by atoms with Gasteiger partial charge >= 0.3 is 0 Å². The average Bonchev–Trinajstić information content (AvgIpc) is 2.46. The molecular formula is C15H16ClNO3. The zero-order chi connectivity index (χ0) is 14.7. The molecule has 0 aromatic heterocycles. The molecule has 0 aliphatic rings. The van der Waals surface area contributed by atoms with E-state index in [1.807, 2.05) is 0 Å². The Morgan fingerprint density at radius 2 is 1.65 bits per heavy atom. The van der Waals surface area contributed by atoms with Crippen LogP contribution in [0.25, 0.3) is 0 Å². The molecule has 0 amide bonds. The first kappa shape index (κ1) is 14.5. The second-order valence-corrected chi connectivity index (χ2v) is 4.76. The highest BCUT2D eigenvalue weighted by Crippen LogP contribution is 2.33. The van der Waals surface area contributed by atoms with Gasteiger partial charge in [-0.3, -0.25) is 0 Å². The number of aliphatic hydroxyl groups is 1. The summed E-state index contributed by atoms with van der Waals surface area (Å²) >= 11 is 5.86. The molecule has 20 heavy (non-hydrogen) atoms. The van der Waals surface area contributed by atoms with E-state index >= 15 is 0 Å². The first-order valence-electron chi connectivity index (χ1n) is 6.01. The number of anilines is 1. The van der Waals surface area contributed by atoms with Crippen molar-refractivity contribution in [3.8, 4) is 11.5 Å². The molecule has 0 fully saturated rings. The van der Waals surface area contributed by atoms with E-state index in [9.17, 15) is 5.11 Å². The Morgan fingerprint density at radius 1 is 1.05 bits per heavy atom. The van der Waals surface area contributed by atoms with Crippen LogP contribution in [0.2, 0.25) is 5.02 Å². The molecule has 0 heterocycles. The number of nitrogen functional groups attached to an aromatic ring is 1. The summed E-state index contributed by atoms with van der Waals surface area (Å²) in [5, 5.41) is 11.0. The van der Waals surface area contributed by atoms with Gasteiger partial charge in [0.05, 0.1) is 14.2 Å². The number of hydrogen-bond acceptors (Lipinski definition) is 4. The van der Waals surface area contributed by atoms with Gasteiger partial charge in [-0.05, 0) is 29.8 Å². The van der Waals surface area contributed by atoms with Gasteiger partial charge in [0, 0.05) is 22.3 Å². The summed E-state index contributed by atoms with van der Waals surface area (Å²) in [6, 6.07) is 10.2. The van der Waals surface area contributed by atoms with Crippen molar-refractivity contribution >= 4 is 17.3 Å². The Labute approximate surface area is 122 Å². The largest absolute Gasteiger partial charge is 0.497 e. The number of rotatable bonds is 4. The van der Waals surface area contributed by atoms with Crippen LogP contribution in [0.15, 0.2) is 36.4 Å². The van der Waals surface area contributed by atoms with Crippen LogP contribution in [0.4, 0.5) is 5.69 Å². The lowest BCUT2D eigenvalue weighted by atomic mass is 9.99. The lowest BCUT2D eigenvalue weighted by Crippen LogP contribution is -2.04. The van der Waals surface area contributed by atoms with Gasteiger partial charge in [0.2, 0.25) is 0 Å². The summed E-state index contributed by atoms with van der Waals surface area (Å²) in [6.07, 6.45) is -0.878. The third-order valence-electron chi connectivity index (χ3n) is 3.03. The maximum Gasteiger partial charge on any atom is 0.122 e. The van der Waals surface area contributed by atoms with Crippen molar-refractivity contribution in [1.29, 1.82) is 0 Å². The van der Waals surface area contributed by atoms with E-state index in [1.165, 1.54) is 0 Å². The van der Waals surface area contributed by atoms with Gasteiger partial charge in [0.25, 0.3) is 0 Å². The van der Waals surface area contributed by atoms with Crippen LogP contribution in [0.1, 0.15) is 17.2 Å². The third kappa shape index (κ3) is 2.98. The molecule has 1 unspecified atom stereocenters. The van der Waals surface area contributed by atoms with Gasteiger partial charge < -0.3 is 20.3 Å². The van der Waals surface area contributed by atoms with Gasteiger partial charge in [-0.1, -0.05) is 17.7 Å². The molecule has 4 nitrogen and oxygen atoms in total. The normalized spacial score (nSPS) is 12.0. The van der Waals surface area contributed by atoms with E-state index in [4.69, 9.17) is 26.8 Å². The molecule has 5 heteroatoms. The Morgan fingerprint density at radius 3 is 2.15 bits per heavy atom. The number of hydrogen-bond donors (Lipinski definition) is 2. The summed E-state index contributed by atoms with van der Waals surface area (Å²) in [7, 11) is 3.11. The Bertz CT molecular complexity index is 594. The minimum atomic E-state index is -0.878. The zero-order valence-corrected chi connectivity index (χ0v) is 12.0. The predicted molar refractivity (Wildman–Crippen MR) is 79.5 cm³/mol. The van der Waals surface area contributed by atoms with E-state index in [0.29, 0.717) is 33.3 Å². The van der Waals surface area contributed by atoms with Crippen LogP contribution in [-0.4, -0.2) is 19.3 Å². The van der Waals surface area contributed by atoms with Crippen molar-refractivity contribution in [3.63, 3.8) is 0 Å². The number of ether oxygens (including phenoxy) is 2. The SMILES string of the molecule is COc1cc(OC)cc(C(O)c2ccc(Cl)cc2N)c1. The van der Waals surface area contributed by atoms with Crippen molar-refractivity contribution in [3.05, 3.63) is 52.5 Å². The Kier molecular flexibility index (Phi) is 4.37. The highest BCUT2D eigenvalue weighted by Gasteiger charge is 2.16. The van der Waals surface area contributed by atoms with Gasteiger partial charge in [0.15, 0.2) is 0 Å². The number of nitrogens with two attached hydrogens (primary N) is 1. The fourth-order valence-corrected chi connectivity index (χ4v) is 2.14. The van der Waals surface area contributed by atoms with Crippen LogP contribution in [0, 0.1) is 0 Å². The lowest BCUT2D eigenvalue weighted by Gasteiger charge is -2.16. The molecular weight excluding hydrogens is 278 g/mol. The molecule has 0 radical (unpaired) electrons. The molecule has 0 spiro atoms. The molecule has 0 saturated heterocycles. The monoisotopic (exact) mass is 293 g/mol. The van der Waals surface area contributed by atoms with Crippen LogP contribution in [0.5, 0.6) is 11.5 Å². The van der Waals surface area contributed by atoms with E-state index in [-0.39, 0.29) is 0 Å². The summed E-state index contributed by atoms with van der Waals surface area (Å²) in [4.78, 5) is 0. The van der Waals surface area contributed by atoms with E-state index in [2.05, 4.69) is 0 Å². The molecule has 1 atom stereocenters. The minimum absolute atomic E-state index is 0.437. The summed E-state index contributed by atoms with van der Waals surface area (Å²) in [6.45, 7) is 0. The van der Waals surface area contributed by atoms with Gasteiger partial charge in [-0.2, -0.15) is 0 Å². The first-order chi connectivity index (χ1) is 9.55. The topological polar surface area (TPSA) is 64.7 Å². The van der Waals surface area contributed by atoms with Crippen molar-refractivity contribution in [2.45, 2.75) is 6.10 Å². The molecule has 0 aliphatic heterocycles. The quantitative estimate of drug-likeness (QED) is 0.851. The molecule has 3 N–H and O–H groups in total. The second-order valence-electron chi connectivity index (χ2n) is 4.32. The molecule has 106 valence electrons. The van der Waals surface area contributed by atoms with Crippen molar-refractivity contribution in [2.24, 2.45) is 0 Å². The molecule has 2 rings (SSSR count). The van der Waals surface area contributed by atoms with E-state index in [0.717, 1.165) is 0 Å².